The van der Waals surface area contributed by atoms with Crippen LogP contribution in [0, 0.1) is 11.8 Å². The molecule has 0 aromatic heterocycles. The lowest BCUT2D eigenvalue weighted by atomic mass is 9.77. The van der Waals surface area contributed by atoms with E-state index in [1.807, 2.05) is 32.9 Å². The van der Waals surface area contributed by atoms with Gasteiger partial charge >= 0.3 is 6.09 Å². The summed E-state index contributed by atoms with van der Waals surface area (Å²) in [5.74, 6) is 2.51. The number of piperidine rings is 1. The van der Waals surface area contributed by atoms with E-state index in [-0.39, 0.29) is 24.0 Å². The lowest BCUT2D eigenvalue weighted by Gasteiger charge is -2.50. The molecule has 4 aliphatic rings. The molecule has 0 spiro atoms. The number of ether oxygens (including phenoxy) is 3. The Bertz CT molecular complexity index is 1030. The molecule has 2 saturated heterocycles. The van der Waals surface area contributed by atoms with Crippen molar-refractivity contribution in [1.29, 1.82) is 0 Å². The average Bonchev–Trinajstić information content (AvgIpc) is 3.73. The number of benzene rings is 1. The summed E-state index contributed by atoms with van der Waals surface area (Å²) in [6.07, 6.45) is 9.08. The van der Waals surface area contributed by atoms with Crippen molar-refractivity contribution >= 4 is 12.0 Å². The molecular formula is C31H47N3O5. The van der Waals surface area contributed by atoms with Crippen LogP contribution in [0.3, 0.4) is 0 Å². The summed E-state index contributed by atoms with van der Waals surface area (Å²) >= 11 is 0. The quantitative estimate of drug-likeness (QED) is 0.457. The van der Waals surface area contributed by atoms with Gasteiger partial charge in [-0.2, -0.15) is 0 Å². The number of nitrogens with zero attached hydrogens (tertiary/aromatic N) is 3. The first-order valence-electron chi connectivity index (χ1n) is 14.9. The normalized spacial score (nSPS) is 24.6. The molecule has 2 saturated carbocycles. The molecule has 4 fully saturated rings. The molecule has 39 heavy (non-hydrogen) atoms. The lowest BCUT2D eigenvalue weighted by molar-refractivity contribution is -0.149. The van der Waals surface area contributed by atoms with Crippen molar-refractivity contribution in [2.75, 3.05) is 33.9 Å². The molecule has 2 aliphatic carbocycles. The number of hydrogen-bond acceptors (Lipinski definition) is 6. The zero-order valence-electron chi connectivity index (χ0n) is 24.5. The summed E-state index contributed by atoms with van der Waals surface area (Å²) in [4.78, 5) is 33.8. The maximum absolute atomic E-state index is 14.6. The average molecular weight is 542 g/mol. The van der Waals surface area contributed by atoms with Crippen LogP contribution in [-0.2, 0) is 16.1 Å². The van der Waals surface area contributed by atoms with E-state index in [9.17, 15) is 9.59 Å². The van der Waals surface area contributed by atoms with E-state index in [0.29, 0.717) is 37.6 Å². The van der Waals surface area contributed by atoms with Gasteiger partial charge in [0.05, 0.1) is 20.3 Å². The van der Waals surface area contributed by atoms with Gasteiger partial charge in [0.2, 0.25) is 5.91 Å². The molecular weight excluding hydrogens is 494 g/mol. The van der Waals surface area contributed by atoms with Gasteiger partial charge in [-0.25, -0.2) is 4.79 Å². The van der Waals surface area contributed by atoms with E-state index >= 15 is 0 Å². The molecule has 8 nitrogen and oxygen atoms in total. The third-order valence-corrected chi connectivity index (χ3v) is 9.01. The Morgan fingerprint density at radius 1 is 1.00 bits per heavy atom. The van der Waals surface area contributed by atoms with Crippen molar-refractivity contribution in [3.63, 3.8) is 0 Å². The highest BCUT2D eigenvalue weighted by Crippen LogP contribution is 2.40. The first kappa shape index (κ1) is 28.1. The van der Waals surface area contributed by atoms with Crippen molar-refractivity contribution in [2.24, 2.45) is 11.8 Å². The van der Waals surface area contributed by atoms with E-state index in [2.05, 4.69) is 15.9 Å². The Balaban J connectivity index is 1.41. The molecule has 1 unspecified atom stereocenters. The number of rotatable bonds is 8. The van der Waals surface area contributed by atoms with Crippen LogP contribution < -0.4 is 9.47 Å². The van der Waals surface area contributed by atoms with Crippen LogP contribution in [-0.4, -0.2) is 84.3 Å². The van der Waals surface area contributed by atoms with Gasteiger partial charge in [-0.05, 0) is 71.3 Å². The SMILES string of the molecule is COc1ccc(CN(C2CC2)C(C(=O)N2CCC[C@H]3CCCC[C@@H]32)C2CN(C(=O)OC(C)(C)C)C2)c(OC)c1. The summed E-state index contributed by atoms with van der Waals surface area (Å²) in [5.41, 5.74) is 0.520. The van der Waals surface area contributed by atoms with Gasteiger partial charge in [-0.15, -0.1) is 0 Å². The first-order valence-corrected chi connectivity index (χ1v) is 14.9. The van der Waals surface area contributed by atoms with Crippen molar-refractivity contribution < 1.29 is 23.8 Å². The Morgan fingerprint density at radius 2 is 1.72 bits per heavy atom. The molecule has 2 amide bonds. The number of amides is 2. The molecule has 1 aromatic rings. The highest BCUT2D eigenvalue weighted by molar-refractivity contribution is 5.83. The molecule has 1 aromatic carbocycles. The van der Waals surface area contributed by atoms with E-state index in [1.54, 1.807) is 19.1 Å². The summed E-state index contributed by atoms with van der Waals surface area (Å²) in [6, 6.07) is 6.41. The zero-order chi connectivity index (χ0) is 27.7. The number of fused-ring (bicyclic) bond motifs is 1. The Kier molecular flexibility index (Phi) is 8.32. The maximum atomic E-state index is 14.6. The van der Waals surface area contributed by atoms with Crippen LogP contribution in [0.1, 0.15) is 77.7 Å². The summed E-state index contributed by atoms with van der Waals surface area (Å²) in [7, 11) is 3.34. The van der Waals surface area contributed by atoms with E-state index in [1.165, 1.54) is 25.7 Å². The third-order valence-electron chi connectivity index (χ3n) is 9.01. The summed E-state index contributed by atoms with van der Waals surface area (Å²) in [5, 5.41) is 0. The number of likely N-dealkylation sites (tertiary alicyclic amines) is 2. The molecule has 0 N–H and O–H groups in total. The Labute approximate surface area is 233 Å². The number of carbonyl (C=O) groups excluding carboxylic acids is 2. The van der Waals surface area contributed by atoms with Crippen molar-refractivity contribution in [2.45, 2.75) is 102 Å². The fourth-order valence-corrected chi connectivity index (χ4v) is 6.91. The van der Waals surface area contributed by atoms with Gasteiger partial charge < -0.3 is 24.0 Å². The standard InChI is InChI=1S/C31H47N3O5/c1-31(2,3)39-30(36)32-18-23(19-32)28(29(35)33-16-8-10-21-9-6-7-11-26(21)33)34(24-13-14-24)20-22-12-15-25(37-4)17-27(22)38-5/h12,15,17,21,23-24,26,28H,6-11,13-14,16,18-20H2,1-5H3/t21-,26+,28?/m1/s1. The van der Waals surface area contributed by atoms with Crippen LogP contribution in [0.15, 0.2) is 18.2 Å². The van der Waals surface area contributed by atoms with Crippen LogP contribution in [0.25, 0.3) is 0 Å². The minimum atomic E-state index is -0.536. The zero-order valence-corrected chi connectivity index (χ0v) is 24.5. The van der Waals surface area contributed by atoms with Crippen molar-refractivity contribution in [3.8, 4) is 11.5 Å². The van der Waals surface area contributed by atoms with Crippen LogP contribution in [0.2, 0.25) is 0 Å². The highest BCUT2D eigenvalue weighted by Gasteiger charge is 2.50. The van der Waals surface area contributed by atoms with Gasteiger partial charge in [0.25, 0.3) is 0 Å². The van der Waals surface area contributed by atoms with Crippen LogP contribution in [0.5, 0.6) is 11.5 Å². The molecule has 0 bridgehead atoms. The largest absolute Gasteiger partial charge is 0.497 e. The predicted molar refractivity (Wildman–Crippen MR) is 150 cm³/mol. The monoisotopic (exact) mass is 541 g/mol. The molecule has 0 radical (unpaired) electrons. The lowest BCUT2D eigenvalue weighted by Crippen LogP contribution is -2.65. The second-order valence-corrected chi connectivity index (χ2v) is 13.0. The number of hydrogen-bond donors (Lipinski definition) is 0. The Morgan fingerprint density at radius 3 is 2.38 bits per heavy atom. The minimum Gasteiger partial charge on any atom is -0.497 e. The maximum Gasteiger partial charge on any atom is 0.410 e. The van der Waals surface area contributed by atoms with Gasteiger partial charge in [-0.3, -0.25) is 9.69 Å². The van der Waals surface area contributed by atoms with E-state index in [0.717, 1.165) is 49.3 Å². The minimum absolute atomic E-state index is 0.0822. The highest BCUT2D eigenvalue weighted by atomic mass is 16.6. The van der Waals surface area contributed by atoms with Crippen LogP contribution >= 0.6 is 0 Å². The van der Waals surface area contributed by atoms with E-state index in [4.69, 9.17) is 14.2 Å². The second kappa shape index (κ2) is 11.6. The second-order valence-electron chi connectivity index (χ2n) is 13.0. The molecule has 2 heterocycles. The summed E-state index contributed by atoms with van der Waals surface area (Å²) < 4.78 is 16.8. The predicted octanol–water partition coefficient (Wildman–Crippen LogP) is 5.08. The smallest absolute Gasteiger partial charge is 0.410 e. The van der Waals surface area contributed by atoms with Crippen molar-refractivity contribution in [1.82, 2.24) is 14.7 Å². The third kappa shape index (κ3) is 6.31. The fraction of sp³-hybridized carbons (Fsp3) is 0.742. The van der Waals surface area contributed by atoms with Gasteiger partial charge in [0.15, 0.2) is 0 Å². The molecule has 2 aliphatic heterocycles. The molecule has 216 valence electrons. The Hall–Kier alpha value is -2.48. The number of carbonyl (C=O) groups is 2. The van der Waals surface area contributed by atoms with Crippen molar-refractivity contribution in [3.05, 3.63) is 23.8 Å². The summed E-state index contributed by atoms with van der Waals surface area (Å²) in [6.45, 7) is 8.27. The first-order chi connectivity index (χ1) is 18.7. The van der Waals surface area contributed by atoms with E-state index < -0.39 is 5.60 Å². The molecule has 8 heteroatoms. The molecule has 5 rings (SSSR count). The van der Waals surface area contributed by atoms with Gasteiger partial charge in [0.1, 0.15) is 17.1 Å². The molecule has 3 atom stereocenters. The van der Waals surface area contributed by atoms with Gasteiger partial charge in [-0.1, -0.05) is 18.9 Å². The van der Waals surface area contributed by atoms with Crippen LogP contribution in [0.4, 0.5) is 4.79 Å². The topological polar surface area (TPSA) is 71.6 Å². The number of methoxy groups -OCH3 is 2. The fourth-order valence-electron chi connectivity index (χ4n) is 6.91. The van der Waals surface area contributed by atoms with Gasteiger partial charge in [0, 0.05) is 55.8 Å².